The lowest BCUT2D eigenvalue weighted by atomic mass is 10.1. The zero-order chi connectivity index (χ0) is 17.3. The molecule has 122 valence electrons. The Morgan fingerprint density at radius 2 is 2.00 bits per heavy atom. The van der Waals surface area contributed by atoms with Crippen LogP contribution in [0.1, 0.15) is 27.6 Å². The first kappa shape index (κ1) is 16.4. The van der Waals surface area contributed by atoms with E-state index in [1.807, 2.05) is 0 Å². The highest BCUT2D eigenvalue weighted by atomic mass is 79.9. The summed E-state index contributed by atoms with van der Waals surface area (Å²) in [6.45, 7) is 1.96. The molecule has 0 aliphatic carbocycles. The van der Waals surface area contributed by atoms with Crippen LogP contribution in [0, 0.1) is 5.82 Å². The molecule has 2 aromatic heterocycles. The van der Waals surface area contributed by atoms with Crippen molar-refractivity contribution < 1.29 is 18.7 Å². The third-order valence-electron chi connectivity index (χ3n) is 3.63. The van der Waals surface area contributed by atoms with E-state index in [2.05, 4.69) is 15.9 Å². The van der Waals surface area contributed by atoms with Crippen molar-refractivity contribution in [2.45, 2.75) is 6.92 Å². The van der Waals surface area contributed by atoms with Crippen LogP contribution < -0.4 is 0 Å². The molecule has 6 heteroatoms. The van der Waals surface area contributed by atoms with Gasteiger partial charge in [0.25, 0.3) is 0 Å². The SMILES string of the molecule is CCOC(=O)c1c(Br)c2cc(C=O)ccn2c1-c1ccc(F)cc1. The number of ether oxygens (including phenoxy) is 1. The van der Waals surface area contributed by atoms with Gasteiger partial charge in [0.05, 0.1) is 22.3 Å². The summed E-state index contributed by atoms with van der Waals surface area (Å²) in [6.07, 6.45) is 2.44. The minimum atomic E-state index is -0.486. The first-order valence-electron chi connectivity index (χ1n) is 7.28. The van der Waals surface area contributed by atoms with Crippen molar-refractivity contribution in [2.24, 2.45) is 0 Å². The largest absolute Gasteiger partial charge is 0.462 e. The van der Waals surface area contributed by atoms with Gasteiger partial charge in [0.2, 0.25) is 0 Å². The summed E-state index contributed by atoms with van der Waals surface area (Å²) in [7, 11) is 0. The first-order chi connectivity index (χ1) is 11.6. The van der Waals surface area contributed by atoms with Gasteiger partial charge in [-0.15, -0.1) is 0 Å². The van der Waals surface area contributed by atoms with E-state index in [1.165, 1.54) is 12.1 Å². The maximum Gasteiger partial charge on any atom is 0.341 e. The molecule has 0 saturated heterocycles. The fourth-order valence-corrected chi connectivity index (χ4v) is 3.24. The molecule has 0 spiro atoms. The summed E-state index contributed by atoms with van der Waals surface area (Å²) < 4.78 is 20.7. The fraction of sp³-hybridized carbons (Fsp3) is 0.111. The fourth-order valence-electron chi connectivity index (χ4n) is 2.59. The van der Waals surface area contributed by atoms with Gasteiger partial charge in [0.15, 0.2) is 0 Å². The minimum absolute atomic E-state index is 0.236. The lowest BCUT2D eigenvalue weighted by molar-refractivity contribution is 0.0526. The molecule has 4 nitrogen and oxygen atoms in total. The quantitative estimate of drug-likeness (QED) is 0.487. The van der Waals surface area contributed by atoms with Crippen LogP contribution in [0.2, 0.25) is 0 Å². The molecule has 0 bridgehead atoms. The van der Waals surface area contributed by atoms with E-state index < -0.39 is 5.97 Å². The molecule has 3 aromatic rings. The monoisotopic (exact) mass is 389 g/mol. The lowest BCUT2D eigenvalue weighted by Crippen LogP contribution is -2.06. The predicted molar refractivity (Wildman–Crippen MR) is 91.8 cm³/mol. The molecule has 0 N–H and O–H groups in total. The molecule has 0 saturated carbocycles. The van der Waals surface area contributed by atoms with Crippen molar-refractivity contribution in [2.75, 3.05) is 6.61 Å². The van der Waals surface area contributed by atoms with Crippen LogP contribution in [0.25, 0.3) is 16.8 Å². The number of esters is 1. The van der Waals surface area contributed by atoms with Crippen molar-refractivity contribution in [1.82, 2.24) is 4.40 Å². The maximum atomic E-state index is 13.3. The van der Waals surface area contributed by atoms with Crippen molar-refractivity contribution >= 4 is 33.7 Å². The van der Waals surface area contributed by atoms with E-state index in [0.29, 0.717) is 32.4 Å². The summed E-state index contributed by atoms with van der Waals surface area (Å²) in [4.78, 5) is 23.5. The van der Waals surface area contributed by atoms with Gasteiger partial charge < -0.3 is 9.14 Å². The second-order valence-corrected chi connectivity index (χ2v) is 5.89. The van der Waals surface area contributed by atoms with Gasteiger partial charge in [-0.3, -0.25) is 4.79 Å². The highest BCUT2D eigenvalue weighted by Gasteiger charge is 2.24. The van der Waals surface area contributed by atoms with Crippen molar-refractivity contribution in [3.63, 3.8) is 0 Å². The Morgan fingerprint density at radius 3 is 2.62 bits per heavy atom. The summed E-state index contributed by atoms with van der Waals surface area (Å²) in [6, 6.07) is 9.18. The van der Waals surface area contributed by atoms with E-state index in [1.54, 1.807) is 41.8 Å². The summed E-state index contributed by atoms with van der Waals surface area (Å²) >= 11 is 3.44. The predicted octanol–water partition coefficient (Wildman–Crippen LogP) is 4.50. The highest BCUT2D eigenvalue weighted by Crippen LogP contribution is 2.36. The first-order valence-corrected chi connectivity index (χ1v) is 8.08. The standard InChI is InChI=1S/C18H13BrFNO3/c1-2-24-18(23)15-16(19)14-9-11(10-22)7-8-21(14)17(15)12-3-5-13(20)6-4-12/h3-10H,2H2,1H3. The number of carbonyl (C=O) groups is 2. The minimum Gasteiger partial charge on any atom is -0.462 e. The molecule has 0 aliphatic rings. The van der Waals surface area contributed by atoms with Gasteiger partial charge >= 0.3 is 5.97 Å². The van der Waals surface area contributed by atoms with Gasteiger partial charge in [-0.2, -0.15) is 0 Å². The number of aromatic nitrogens is 1. The molecule has 1 aromatic carbocycles. The number of hydrogen-bond donors (Lipinski definition) is 0. The Labute approximate surface area is 146 Å². The van der Waals surface area contributed by atoms with Crippen molar-refractivity contribution in [1.29, 1.82) is 0 Å². The Bertz CT molecular complexity index is 932. The Kier molecular flexibility index (Phi) is 4.49. The number of carbonyl (C=O) groups excluding carboxylic acids is 2. The molecule has 0 fully saturated rings. The number of nitrogens with zero attached hydrogens (tertiary/aromatic N) is 1. The summed E-state index contributed by atoms with van der Waals surface area (Å²) in [5.74, 6) is -0.848. The highest BCUT2D eigenvalue weighted by molar-refractivity contribution is 9.10. The maximum absolute atomic E-state index is 13.3. The Morgan fingerprint density at radius 1 is 1.29 bits per heavy atom. The number of hydrogen-bond acceptors (Lipinski definition) is 3. The van der Waals surface area contributed by atoms with Crippen LogP contribution in [0.4, 0.5) is 4.39 Å². The molecule has 2 heterocycles. The third-order valence-corrected chi connectivity index (χ3v) is 4.44. The zero-order valence-electron chi connectivity index (χ0n) is 12.8. The van der Waals surface area contributed by atoms with E-state index in [0.717, 1.165) is 6.29 Å². The summed E-state index contributed by atoms with van der Waals surface area (Å²) in [5, 5.41) is 0. The second-order valence-electron chi connectivity index (χ2n) is 5.10. The molecular weight excluding hydrogens is 377 g/mol. The van der Waals surface area contributed by atoms with Gasteiger partial charge in [-0.1, -0.05) is 0 Å². The van der Waals surface area contributed by atoms with Crippen LogP contribution in [0.5, 0.6) is 0 Å². The van der Waals surface area contributed by atoms with Crippen LogP contribution in [-0.4, -0.2) is 23.3 Å². The van der Waals surface area contributed by atoms with Crippen molar-refractivity contribution in [3.8, 4) is 11.3 Å². The lowest BCUT2D eigenvalue weighted by Gasteiger charge is -2.07. The molecule has 0 radical (unpaired) electrons. The zero-order valence-corrected chi connectivity index (χ0v) is 14.3. The topological polar surface area (TPSA) is 47.8 Å². The number of halogens is 2. The molecular formula is C18H13BrFNO3. The van der Waals surface area contributed by atoms with Crippen molar-refractivity contribution in [3.05, 3.63) is 64.0 Å². The smallest absolute Gasteiger partial charge is 0.341 e. The van der Waals surface area contributed by atoms with Crippen LogP contribution >= 0.6 is 15.9 Å². The summed E-state index contributed by atoms with van der Waals surface area (Å²) in [5.41, 5.74) is 2.72. The average Bonchev–Trinajstić information content (AvgIpc) is 2.88. The van der Waals surface area contributed by atoms with Gasteiger partial charge in [0.1, 0.15) is 17.7 Å². The second kappa shape index (κ2) is 6.57. The molecule has 0 amide bonds. The Balaban J connectivity index is 2.35. The Hall–Kier alpha value is -2.47. The number of fused-ring (bicyclic) bond motifs is 1. The number of pyridine rings is 1. The number of aldehydes is 1. The third kappa shape index (κ3) is 2.73. The molecule has 0 aliphatic heterocycles. The van der Waals surface area contributed by atoms with E-state index >= 15 is 0 Å². The van der Waals surface area contributed by atoms with Gasteiger partial charge in [-0.25, -0.2) is 9.18 Å². The number of benzene rings is 1. The van der Waals surface area contributed by atoms with E-state index in [-0.39, 0.29) is 12.4 Å². The van der Waals surface area contributed by atoms with E-state index in [4.69, 9.17) is 4.74 Å². The average molecular weight is 390 g/mol. The van der Waals surface area contributed by atoms with Gasteiger partial charge in [0, 0.05) is 11.8 Å². The van der Waals surface area contributed by atoms with Gasteiger partial charge in [-0.05, 0) is 64.8 Å². The molecule has 3 rings (SSSR count). The molecule has 24 heavy (non-hydrogen) atoms. The van der Waals surface area contributed by atoms with Crippen LogP contribution in [-0.2, 0) is 4.74 Å². The number of rotatable bonds is 4. The molecule has 0 unspecified atom stereocenters. The van der Waals surface area contributed by atoms with Crippen LogP contribution in [0.15, 0.2) is 47.1 Å². The van der Waals surface area contributed by atoms with E-state index in [9.17, 15) is 14.0 Å². The van der Waals surface area contributed by atoms with Crippen LogP contribution in [0.3, 0.4) is 0 Å². The molecule has 0 atom stereocenters. The normalized spacial score (nSPS) is 10.8.